The molecule has 0 saturated heterocycles. The second kappa shape index (κ2) is 8.51. The Balaban J connectivity index is 3.24. The number of rotatable bonds is 9. The molecule has 1 rings (SSSR count). The second-order valence-electron chi connectivity index (χ2n) is 5.77. The molecule has 24 heavy (non-hydrogen) atoms. The molecule has 0 aliphatic carbocycles. The summed E-state index contributed by atoms with van der Waals surface area (Å²) in [5, 5.41) is -1.97. The average molecular weight is 390 g/mol. The fourth-order valence-corrected chi connectivity index (χ4v) is 5.31. The van der Waals surface area contributed by atoms with Crippen LogP contribution in [-0.2, 0) is 25.4 Å². The molecular weight excluding hydrogens is 366 g/mol. The summed E-state index contributed by atoms with van der Waals surface area (Å²) < 4.78 is 27.8. The molecule has 1 N–H and O–H groups in total. The predicted molar refractivity (Wildman–Crippen MR) is 102 cm³/mol. The molecule has 134 valence electrons. The lowest BCUT2D eigenvalue weighted by molar-refractivity contribution is -0.119. The molecule has 0 aliphatic rings. The van der Waals surface area contributed by atoms with Crippen molar-refractivity contribution in [1.82, 2.24) is 4.72 Å². The largest absolute Gasteiger partial charge is 0.299 e. The van der Waals surface area contributed by atoms with Gasteiger partial charge in [-0.25, -0.2) is 13.1 Å². The van der Waals surface area contributed by atoms with E-state index in [0.717, 1.165) is 0 Å². The minimum atomic E-state index is -3.81. The van der Waals surface area contributed by atoms with Gasteiger partial charge < -0.3 is 0 Å². The number of ketones is 2. The van der Waals surface area contributed by atoms with Gasteiger partial charge in [-0.05, 0) is 25.8 Å². The number of hydrogen-bond acceptors (Lipinski definition) is 6. The number of hydrogen-bond donors (Lipinski definition) is 3. The van der Waals surface area contributed by atoms with E-state index in [0.29, 0.717) is 5.56 Å². The van der Waals surface area contributed by atoms with Crippen molar-refractivity contribution in [1.29, 1.82) is 0 Å². The molecule has 0 saturated carbocycles. The summed E-state index contributed by atoms with van der Waals surface area (Å²) in [6.07, 6.45) is 0.197. The Labute approximate surface area is 154 Å². The third kappa shape index (κ3) is 5.08. The zero-order chi connectivity index (χ0) is 18.5. The molecule has 0 fully saturated rings. The van der Waals surface area contributed by atoms with Crippen LogP contribution in [-0.4, -0.2) is 36.0 Å². The molecule has 0 aliphatic heterocycles. The van der Waals surface area contributed by atoms with Crippen molar-refractivity contribution in [3.05, 3.63) is 35.9 Å². The SMILES string of the molecule is CCC(NS(=O)(=O)Cc1ccccc1)(C(S)C(C)=O)C(S)C(C)=O. The number of carbonyl (C=O) groups is 2. The fourth-order valence-electron chi connectivity index (χ4n) is 2.56. The minimum Gasteiger partial charge on any atom is -0.299 e. The summed E-state index contributed by atoms with van der Waals surface area (Å²) in [5.74, 6) is -0.919. The molecule has 0 spiro atoms. The van der Waals surface area contributed by atoms with Gasteiger partial charge in [0, 0.05) is 0 Å². The molecule has 0 aromatic heterocycles. The lowest BCUT2D eigenvalue weighted by Gasteiger charge is -2.40. The van der Waals surface area contributed by atoms with E-state index in [1.165, 1.54) is 13.8 Å². The molecule has 5 nitrogen and oxygen atoms in total. The summed E-state index contributed by atoms with van der Waals surface area (Å²) in [5.41, 5.74) is -0.788. The molecule has 2 atom stereocenters. The van der Waals surface area contributed by atoms with Crippen molar-refractivity contribution < 1.29 is 18.0 Å². The first-order valence-electron chi connectivity index (χ1n) is 7.48. The van der Waals surface area contributed by atoms with Crippen molar-refractivity contribution >= 4 is 46.8 Å². The Bertz CT molecular complexity index is 669. The van der Waals surface area contributed by atoms with Crippen molar-refractivity contribution in [3.63, 3.8) is 0 Å². The summed E-state index contributed by atoms with van der Waals surface area (Å²) in [7, 11) is -3.81. The third-order valence-corrected chi connectivity index (χ3v) is 6.93. The number of sulfonamides is 1. The van der Waals surface area contributed by atoms with Gasteiger partial charge in [0.1, 0.15) is 11.6 Å². The van der Waals surface area contributed by atoms with Gasteiger partial charge in [-0.1, -0.05) is 37.3 Å². The van der Waals surface area contributed by atoms with E-state index >= 15 is 0 Å². The van der Waals surface area contributed by atoms with Crippen LogP contribution < -0.4 is 4.72 Å². The van der Waals surface area contributed by atoms with Gasteiger partial charge >= 0.3 is 0 Å². The summed E-state index contributed by atoms with van der Waals surface area (Å²) in [4.78, 5) is 23.7. The van der Waals surface area contributed by atoms with Crippen LogP contribution in [0, 0.1) is 0 Å². The molecule has 8 heteroatoms. The zero-order valence-corrected chi connectivity index (χ0v) is 16.5. The van der Waals surface area contributed by atoms with Crippen molar-refractivity contribution in [2.75, 3.05) is 0 Å². The number of benzene rings is 1. The van der Waals surface area contributed by atoms with Crippen LogP contribution in [0.15, 0.2) is 30.3 Å². The number of nitrogens with one attached hydrogen (secondary N) is 1. The monoisotopic (exact) mass is 389 g/mol. The quantitative estimate of drug-likeness (QED) is 0.565. The highest BCUT2D eigenvalue weighted by Gasteiger charge is 2.47. The van der Waals surface area contributed by atoms with E-state index in [1.807, 2.05) is 0 Å². The highest BCUT2D eigenvalue weighted by atomic mass is 32.2. The van der Waals surface area contributed by atoms with Gasteiger partial charge in [0.25, 0.3) is 0 Å². The van der Waals surface area contributed by atoms with Gasteiger partial charge in [0.2, 0.25) is 10.0 Å². The number of Topliss-reactive ketones (excluding diaryl/α,β-unsaturated/α-hetero) is 2. The van der Waals surface area contributed by atoms with Crippen molar-refractivity contribution in [2.45, 2.75) is 49.0 Å². The van der Waals surface area contributed by atoms with Crippen LogP contribution in [0.5, 0.6) is 0 Å². The van der Waals surface area contributed by atoms with E-state index in [2.05, 4.69) is 30.0 Å². The maximum absolute atomic E-state index is 12.6. The summed E-state index contributed by atoms with van der Waals surface area (Å²) in [6.45, 7) is 4.33. The maximum atomic E-state index is 12.6. The Morgan fingerprint density at radius 3 is 1.92 bits per heavy atom. The van der Waals surface area contributed by atoms with E-state index < -0.39 is 26.1 Å². The Hall–Kier alpha value is -0.830. The van der Waals surface area contributed by atoms with E-state index in [1.54, 1.807) is 37.3 Å². The minimum absolute atomic E-state index is 0.197. The Kier molecular flexibility index (Phi) is 7.52. The molecule has 1 aromatic rings. The van der Waals surface area contributed by atoms with Crippen LogP contribution in [0.4, 0.5) is 0 Å². The van der Waals surface area contributed by atoms with Crippen LogP contribution in [0.1, 0.15) is 32.8 Å². The first-order valence-corrected chi connectivity index (χ1v) is 10.2. The highest BCUT2D eigenvalue weighted by molar-refractivity contribution is 7.89. The first-order chi connectivity index (χ1) is 11.1. The van der Waals surface area contributed by atoms with Crippen LogP contribution >= 0.6 is 25.3 Å². The zero-order valence-electron chi connectivity index (χ0n) is 13.9. The lowest BCUT2D eigenvalue weighted by Crippen LogP contribution is -2.63. The van der Waals surface area contributed by atoms with Gasteiger partial charge in [-0.3, -0.25) is 9.59 Å². The van der Waals surface area contributed by atoms with Gasteiger partial charge in [0.05, 0.1) is 21.8 Å². The van der Waals surface area contributed by atoms with Crippen LogP contribution in [0.2, 0.25) is 0 Å². The molecule has 1 aromatic carbocycles. The molecule has 0 heterocycles. The highest BCUT2D eigenvalue weighted by Crippen LogP contribution is 2.31. The molecule has 0 bridgehead atoms. The smallest absolute Gasteiger partial charge is 0.216 e. The van der Waals surface area contributed by atoms with Crippen molar-refractivity contribution in [3.8, 4) is 0 Å². The molecular formula is C16H23NO4S3. The van der Waals surface area contributed by atoms with Crippen molar-refractivity contribution in [2.24, 2.45) is 0 Å². The van der Waals surface area contributed by atoms with E-state index in [4.69, 9.17) is 0 Å². The van der Waals surface area contributed by atoms with E-state index in [9.17, 15) is 18.0 Å². The van der Waals surface area contributed by atoms with Crippen LogP contribution in [0.3, 0.4) is 0 Å². The maximum Gasteiger partial charge on any atom is 0.216 e. The fraction of sp³-hybridized carbons (Fsp3) is 0.500. The number of thiol groups is 2. The number of carbonyl (C=O) groups excluding carboxylic acids is 2. The second-order valence-corrected chi connectivity index (χ2v) is 8.52. The third-order valence-electron chi connectivity index (χ3n) is 3.88. The lowest BCUT2D eigenvalue weighted by atomic mass is 9.85. The van der Waals surface area contributed by atoms with Gasteiger partial charge in [-0.2, -0.15) is 25.3 Å². The standard InChI is InChI=1S/C16H23NO4S3/c1-4-16(14(22)11(2)18,15(23)12(3)19)17-24(20,21)10-13-8-6-5-7-9-13/h5-9,14-15,17,22-23H,4,10H2,1-3H3. The van der Waals surface area contributed by atoms with Crippen LogP contribution in [0.25, 0.3) is 0 Å². The van der Waals surface area contributed by atoms with Gasteiger partial charge in [0.15, 0.2) is 0 Å². The predicted octanol–water partition coefficient (Wildman–Crippen LogP) is 2.03. The Morgan fingerprint density at radius 1 is 1.08 bits per heavy atom. The molecule has 2 unspecified atom stereocenters. The topological polar surface area (TPSA) is 80.3 Å². The first kappa shape index (κ1) is 21.2. The normalized spacial score (nSPS) is 16.9. The summed E-state index contributed by atoms with van der Waals surface area (Å²) >= 11 is 8.56. The summed E-state index contributed by atoms with van der Waals surface area (Å²) in [6, 6.07) is 8.66. The van der Waals surface area contributed by atoms with Gasteiger partial charge in [-0.15, -0.1) is 0 Å². The average Bonchev–Trinajstić information content (AvgIpc) is 2.51. The molecule has 0 amide bonds. The molecule has 0 radical (unpaired) electrons. The van der Waals surface area contributed by atoms with E-state index in [-0.39, 0.29) is 23.7 Å². The Morgan fingerprint density at radius 2 is 1.54 bits per heavy atom.